The minimum Gasteiger partial charge on any atom is -0.369 e. The first kappa shape index (κ1) is 68.9. The first-order valence-electron chi connectivity index (χ1n) is 28.4. The molecule has 4 aliphatic rings. The lowest BCUT2D eigenvalue weighted by atomic mass is 10.2. The van der Waals surface area contributed by atoms with Gasteiger partial charge in [-0.25, -0.2) is 49.1 Å². The van der Waals surface area contributed by atoms with E-state index in [1.165, 1.54) is 0 Å². The zero-order valence-electron chi connectivity index (χ0n) is 53.6. The number of aliphatic imine (C=N–C) groups is 2. The molecule has 0 spiro atoms. The number of carbonyl (C=O) groups excluding carboxylic acids is 2. The summed E-state index contributed by atoms with van der Waals surface area (Å²) in [5.74, 6) is 2.03. The van der Waals surface area contributed by atoms with Gasteiger partial charge in [-0.05, 0) is 155 Å². The highest BCUT2D eigenvalue weighted by atomic mass is 16.2. The van der Waals surface area contributed by atoms with Crippen molar-refractivity contribution in [3.63, 3.8) is 0 Å². The highest BCUT2D eigenvalue weighted by Gasteiger charge is 2.22. The Balaban J connectivity index is 0.000000215. The number of nitrogens with two attached hydrogens (primary N) is 1. The van der Waals surface area contributed by atoms with Crippen LogP contribution in [0.25, 0.3) is 22.6 Å². The van der Waals surface area contributed by atoms with E-state index in [0.29, 0.717) is 41.2 Å². The lowest BCUT2D eigenvalue weighted by Crippen LogP contribution is -2.43. The second-order valence-electron chi connectivity index (χ2n) is 22.3. The van der Waals surface area contributed by atoms with E-state index in [4.69, 9.17) is 5.73 Å². The summed E-state index contributed by atoms with van der Waals surface area (Å²) < 4.78 is 9.28. The van der Waals surface area contributed by atoms with Gasteiger partial charge in [0.15, 0.2) is 23.2 Å². The molecule has 86 heavy (non-hydrogen) atoms. The van der Waals surface area contributed by atoms with Crippen molar-refractivity contribution < 1.29 is 9.59 Å². The van der Waals surface area contributed by atoms with Gasteiger partial charge in [0.25, 0.3) is 0 Å². The van der Waals surface area contributed by atoms with Gasteiger partial charge in [-0.1, -0.05) is 26.3 Å². The number of hydrogen-bond acceptors (Lipinski definition) is 16. The summed E-state index contributed by atoms with van der Waals surface area (Å²) >= 11 is 0. The van der Waals surface area contributed by atoms with Crippen molar-refractivity contribution >= 4 is 58.6 Å². The quantitative estimate of drug-likeness (QED) is 0.0994. The summed E-state index contributed by atoms with van der Waals surface area (Å²) in [5, 5.41) is 11.1. The van der Waals surface area contributed by atoms with E-state index in [9.17, 15) is 19.2 Å². The minimum atomic E-state index is -0.167. The first-order chi connectivity index (χ1) is 40.2. The summed E-state index contributed by atoms with van der Waals surface area (Å²) in [6, 6.07) is 3.47. The maximum absolute atomic E-state index is 11.3. The van der Waals surface area contributed by atoms with Crippen molar-refractivity contribution in [3.05, 3.63) is 161 Å². The third-order valence-corrected chi connectivity index (χ3v) is 13.1. The maximum atomic E-state index is 11.3. The molecule has 0 fully saturated rings. The topological polar surface area (TPSA) is 288 Å². The third-order valence-electron chi connectivity index (χ3n) is 13.1. The Hall–Kier alpha value is -9.55. The van der Waals surface area contributed by atoms with Crippen LogP contribution < -0.4 is 38.4 Å². The van der Waals surface area contributed by atoms with Crippen LogP contribution in [-0.4, -0.2) is 104 Å². The normalized spacial score (nSPS) is 14.0. The van der Waals surface area contributed by atoms with Crippen molar-refractivity contribution in [2.24, 2.45) is 15.7 Å². The van der Waals surface area contributed by atoms with E-state index >= 15 is 0 Å². The van der Waals surface area contributed by atoms with E-state index in [2.05, 4.69) is 134 Å². The highest BCUT2D eigenvalue weighted by Crippen LogP contribution is 2.29. The van der Waals surface area contributed by atoms with Gasteiger partial charge in [0.1, 0.15) is 23.2 Å². The van der Waals surface area contributed by atoms with E-state index in [0.717, 1.165) is 68.1 Å². The van der Waals surface area contributed by atoms with Gasteiger partial charge < -0.3 is 40.7 Å². The van der Waals surface area contributed by atoms with E-state index in [1.54, 1.807) is 62.7 Å². The predicted octanol–water partition coefficient (Wildman–Crippen LogP) is 10.3. The smallest absolute Gasteiger partial charge is 0.348 e. The monoisotopic (exact) mass is 1180 g/mol. The summed E-state index contributed by atoms with van der Waals surface area (Å²) in [5.41, 5.74) is 16.1. The van der Waals surface area contributed by atoms with Crippen molar-refractivity contribution in [1.29, 1.82) is 0 Å². The number of rotatable bonds is 7. The van der Waals surface area contributed by atoms with Crippen LogP contribution in [0.1, 0.15) is 168 Å². The number of carbonyl (C=O) groups is 2. The van der Waals surface area contributed by atoms with Crippen molar-refractivity contribution in [1.82, 2.24) is 88.8 Å². The van der Waals surface area contributed by atoms with Crippen LogP contribution in [0.2, 0.25) is 0 Å². The molecule has 0 saturated carbocycles. The Morgan fingerprint density at radius 1 is 0.535 bits per heavy atom. The van der Waals surface area contributed by atoms with Gasteiger partial charge >= 0.3 is 23.4 Å². The van der Waals surface area contributed by atoms with Gasteiger partial charge in [0, 0.05) is 89.9 Å². The van der Waals surface area contributed by atoms with E-state index < -0.39 is 0 Å². The van der Waals surface area contributed by atoms with Crippen LogP contribution in [-0.2, 0) is 0 Å². The fourth-order valence-corrected chi connectivity index (χ4v) is 7.89. The average molecular weight is 1180 g/mol. The van der Waals surface area contributed by atoms with E-state index in [-0.39, 0.29) is 47.6 Å². The summed E-state index contributed by atoms with van der Waals surface area (Å²) in [7, 11) is 0. The van der Waals surface area contributed by atoms with Crippen molar-refractivity contribution in [2.75, 3.05) is 0 Å². The fraction of sp³-hybridized carbons (Fsp3) is 0.426. The third kappa shape index (κ3) is 18.5. The molecule has 6 aromatic rings. The van der Waals surface area contributed by atoms with Gasteiger partial charge in [-0.15, -0.1) is 0 Å². The Labute approximate surface area is 505 Å². The van der Waals surface area contributed by atoms with Crippen LogP contribution in [0.3, 0.4) is 0 Å². The second-order valence-corrected chi connectivity index (χ2v) is 22.3. The molecule has 10 heterocycles. The molecule has 0 aliphatic carbocycles. The van der Waals surface area contributed by atoms with E-state index in [1.807, 2.05) is 129 Å². The molecule has 4 amide bonds. The summed E-state index contributed by atoms with van der Waals surface area (Å²) in [6.07, 6.45) is 17.6. The van der Waals surface area contributed by atoms with Crippen LogP contribution in [0.4, 0.5) is 21.2 Å². The Morgan fingerprint density at radius 3 is 1.62 bits per heavy atom. The molecule has 0 saturated heterocycles. The second kappa shape index (κ2) is 30.8. The number of nitrogens with zero attached hydrogens (tertiary/aromatic N) is 16. The number of aryl methyl sites for hydroxylation is 4. The summed E-state index contributed by atoms with van der Waals surface area (Å²) in [6.45, 7) is 52.8. The Kier molecular flexibility index (Phi) is 24.7. The molecule has 4 aliphatic heterocycles. The average Bonchev–Trinajstić information content (AvgIpc) is 2.25. The van der Waals surface area contributed by atoms with Gasteiger partial charge in [-0.2, -0.15) is 15.0 Å². The molecule has 25 nitrogen and oxygen atoms in total. The molecule has 462 valence electrons. The first-order valence-corrected chi connectivity index (χ1v) is 28.4. The molecule has 0 atom stereocenters. The van der Waals surface area contributed by atoms with Crippen LogP contribution in [0, 0.1) is 27.7 Å². The van der Waals surface area contributed by atoms with Crippen molar-refractivity contribution in [2.45, 2.75) is 174 Å². The predicted molar refractivity (Wildman–Crippen MR) is 344 cm³/mol. The Bertz CT molecular complexity index is 3650. The fourth-order valence-electron chi connectivity index (χ4n) is 7.89. The maximum Gasteiger partial charge on any atom is 0.348 e. The number of aromatic nitrogens is 12. The molecule has 6 N–H and O–H groups in total. The molecule has 0 bridgehead atoms. The molecule has 0 radical (unpaired) electrons. The van der Waals surface area contributed by atoms with Crippen LogP contribution >= 0.6 is 0 Å². The number of amides is 4. The Morgan fingerprint density at radius 2 is 1.07 bits per heavy atom. The lowest BCUT2D eigenvalue weighted by molar-refractivity contribution is 0.205. The SMILES string of the molecule is C=C1C=CN(C(C)C)C(=O)N1.C=C1NC(=O)N(C(C)C)C=C1C.C=C1NC(N)=Nc2c1ncn2C(C)C.C=C1NC=Nc2c1ncn2C(C)C.Cc1ccn(C(C)C)c(=O)n1.Cc1cn(C(C)C)c(=O)nc1C.Cc1ncnc2c1ncn2C(C)C. The molecule has 25 heteroatoms. The number of imidazole rings is 3. The number of guanidine groups is 1. The molecule has 0 unspecified atom stereocenters. The molecule has 10 rings (SSSR count). The lowest BCUT2D eigenvalue weighted by Gasteiger charge is -2.28. The van der Waals surface area contributed by atoms with Gasteiger partial charge in [0.2, 0.25) is 0 Å². The number of allylic oxidation sites excluding steroid dienone is 2. The molecular formula is C61H89N21O4. The van der Waals surface area contributed by atoms with Gasteiger partial charge in [-0.3, -0.25) is 18.9 Å². The van der Waals surface area contributed by atoms with Crippen molar-refractivity contribution in [3.8, 4) is 0 Å². The largest absolute Gasteiger partial charge is 0.369 e. The number of fused-ring (bicyclic) bond motifs is 3. The van der Waals surface area contributed by atoms with Crippen LogP contribution in [0.5, 0.6) is 0 Å². The number of hydrogen-bond donors (Lipinski definition) is 5. The molecule has 0 aromatic carbocycles. The van der Waals surface area contributed by atoms with Crippen LogP contribution in [0.15, 0.2) is 125 Å². The number of nitrogens with one attached hydrogen (secondary N) is 4. The zero-order valence-corrected chi connectivity index (χ0v) is 53.6. The molecule has 6 aromatic heterocycles. The van der Waals surface area contributed by atoms with Gasteiger partial charge in [0.05, 0.1) is 42.4 Å². The zero-order chi connectivity index (χ0) is 64.6. The highest BCUT2D eigenvalue weighted by molar-refractivity contribution is 5.94. The number of urea groups is 2. The minimum absolute atomic E-state index is 0.0967. The summed E-state index contributed by atoms with van der Waals surface area (Å²) in [4.78, 5) is 85.3. The standard InChI is InChI=1S/C9H13N5.2C9H12N4.2C9H14N2O.2C8H12N2O/c1-5(2)14-4-11-7-6(3)12-9(10)13-8(7)14;2*1-6(2)13-5-12-8-7(3)10-4-11-9(8)13;2*1-6(2)11-5-7(3)8(4)10-9(11)12;2*1-6(2)10-5-4-7(3)9-8(10)11/h4-5H,3H2,1-2H3,(H3,10,12,13);4-6H,1-3H3;4-6H,3H2,1-2H3,(H,10,11);5-6H,1-4H3;5-6H,4H2,1-3H3,(H,10,12);4-6H,1-3H3;4-6H,3H2,1-2H3,(H,9,11). The molecular weight excluding hydrogens is 1090 g/mol.